The number of rotatable bonds is 5. The van der Waals surface area contributed by atoms with Crippen LogP contribution in [0.2, 0.25) is 0 Å². The number of hydrogen-bond acceptors (Lipinski definition) is 8. The molecule has 1 amide bonds. The molecule has 4 rings (SSSR count). The Hall–Kier alpha value is -3.27. The number of amides is 1. The van der Waals surface area contributed by atoms with Crippen molar-refractivity contribution >= 4 is 29.2 Å². The Labute approximate surface area is 220 Å². The number of halogens is 1. The number of likely N-dealkylation sites (tertiary alicyclic amines) is 1. The summed E-state index contributed by atoms with van der Waals surface area (Å²) in [4.78, 5) is 37.0. The van der Waals surface area contributed by atoms with Crippen LogP contribution in [0, 0.1) is 18.7 Å². The number of benzene rings is 1. The maximum Gasteiger partial charge on any atom is 0.410 e. The maximum absolute atomic E-state index is 14.0. The van der Waals surface area contributed by atoms with Crippen molar-refractivity contribution in [2.75, 3.05) is 19.7 Å². The van der Waals surface area contributed by atoms with E-state index in [4.69, 9.17) is 14.5 Å². The summed E-state index contributed by atoms with van der Waals surface area (Å²) >= 11 is 1.44. The van der Waals surface area contributed by atoms with Crippen LogP contribution in [-0.2, 0) is 14.3 Å². The zero-order valence-corrected chi connectivity index (χ0v) is 22.7. The van der Waals surface area contributed by atoms with Gasteiger partial charge in [0, 0.05) is 36.3 Å². The molecule has 1 fully saturated rings. The molecule has 0 saturated carbocycles. The molecule has 0 bridgehead atoms. The fraction of sp³-hybridized carbons (Fsp3) is 0.481. The van der Waals surface area contributed by atoms with Gasteiger partial charge in [-0.25, -0.2) is 19.0 Å². The number of thiazole rings is 1. The zero-order chi connectivity index (χ0) is 26.7. The van der Waals surface area contributed by atoms with Crippen molar-refractivity contribution in [1.29, 1.82) is 0 Å². The van der Waals surface area contributed by atoms with Gasteiger partial charge in [0.05, 0.1) is 12.2 Å². The van der Waals surface area contributed by atoms with Gasteiger partial charge >= 0.3 is 12.1 Å². The number of carbonyl (C=O) groups excluding carboxylic acids is 2. The Morgan fingerprint density at radius 1 is 1.24 bits per heavy atom. The number of piperidine rings is 1. The second-order valence-electron chi connectivity index (χ2n) is 10.1. The first-order chi connectivity index (χ1) is 17.6. The van der Waals surface area contributed by atoms with Crippen LogP contribution in [0.5, 0.6) is 0 Å². The van der Waals surface area contributed by atoms with Crippen LogP contribution in [0.4, 0.5) is 9.18 Å². The van der Waals surface area contributed by atoms with Gasteiger partial charge in [-0.2, -0.15) is 0 Å². The SMILES string of the molecule is CCOC(=O)C1=C(C2CCN(C(=O)OC(C)(C)C)CC2)NC(c2nccs2)=NC1c1ccc(F)cc1C. The summed E-state index contributed by atoms with van der Waals surface area (Å²) in [6.07, 6.45) is 2.62. The number of aryl methyl sites for hydroxylation is 1. The summed E-state index contributed by atoms with van der Waals surface area (Å²) in [5.41, 5.74) is 1.97. The van der Waals surface area contributed by atoms with Crippen molar-refractivity contribution in [1.82, 2.24) is 15.2 Å². The van der Waals surface area contributed by atoms with Gasteiger partial charge in [-0.1, -0.05) is 6.07 Å². The fourth-order valence-electron chi connectivity index (χ4n) is 4.62. The second-order valence-corrected chi connectivity index (χ2v) is 11.0. The number of carbonyl (C=O) groups is 2. The molecule has 0 spiro atoms. The molecule has 1 aromatic carbocycles. The lowest BCUT2D eigenvalue weighted by Gasteiger charge is -2.37. The number of hydrogen-bond donors (Lipinski definition) is 1. The molecule has 0 aliphatic carbocycles. The van der Waals surface area contributed by atoms with Gasteiger partial charge in [-0.05, 0) is 70.7 Å². The number of ether oxygens (including phenoxy) is 2. The van der Waals surface area contributed by atoms with Gasteiger partial charge in [0.1, 0.15) is 17.5 Å². The fourth-order valence-corrected chi connectivity index (χ4v) is 5.21. The molecule has 8 nitrogen and oxygen atoms in total. The minimum Gasteiger partial charge on any atom is -0.463 e. The quantitative estimate of drug-likeness (QED) is 0.540. The number of aliphatic imine (C=N–C) groups is 1. The van der Waals surface area contributed by atoms with E-state index in [1.807, 2.05) is 26.2 Å². The van der Waals surface area contributed by atoms with Crippen molar-refractivity contribution in [2.45, 2.75) is 59.1 Å². The lowest BCUT2D eigenvalue weighted by Crippen LogP contribution is -2.44. The van der Waals surface area contributed by atoms with Crippen molar-refractivity contribution in [3.05, 3.63) is 63.0 Å². The normalized spacial score (nSPS) is 18.8. The molecule has 0 radical (unpaired) electrons. The highest BCUT2D eigenvalue weighted by Gasteiger charge is 2.38. The predicted octanol–water partition coefficient (Wildman–Crippen LogP) is 5.15. The van der Waals surface area contributed by atoms with E-state index in [9.17, 15) is 14.0 Å². The largest absolute Gasteiger partial charge is 0.463 e. The first-order valence-corrected chi connectivity index (χ1v) is 13.3. The first kappa shape index (κ1) is 26.8. The molecule has 198 valence electrons. The maximum atomic E-state index is 14.0. The van der Waals surface area contributed by atoms with Crippen molar-refractivity contribution < 1.29 is 23.5 Å². The number of nitrogens with zero attached hydrogens (tertiary/aromatic N) is 3. The summed E-state index contributed by atoms with van der Waals surface area (Å²) in [5.74, 6) is -0.306. The molecule has 2 aromatic rings. The standard InChI is InChI=1S/C27H33FN4O4S/c1-6-35-25(33)20-21(17-9-12-32(13-10-17)26(34)36-27(3,4)5)30-23(24-29-11-14-37-24)31-22(20)19-8-7-18(28)15-16(19)2/h7-8,11,14-15,17,22H,6,9-10,12-13H2,1-5H3,(H,30,31). The molecular weight excluding hydrogens is 495 g/mol. The highest BCUT2D eigenvalue weighted by Crippen LogP contribution is 2.39. The van der Waals surface area contributed by atoms with Crippen LogP contribution < -0.4 is 5.32 Å². The third kappa shape index (κ3) is 6.18. The van der Waals surface area contributed by atoms with Gasteiger partial charge in [0.2, 0.25) is 0 Å². The third-order valence-corrected chi connectivity index (χ3v) is 7.07. The van der Waals surface area contributed by atoms with Crippen LogP contribution in [0.25, 0.3) is 0 Å². The Morgan fingerprint density at radius 2 is 1.97 bits per heavy atom. The lowest BCUT2D eigenvalue weighted by molar-refractivity contribution is -0.139. The summed E-state index contributed by atoms with van der Waals surface area (Å²) < 4.78 is 25.0. The monoisotopic (exact) mass is 528 g/mol. The van der Waals surface area contributed by atoms with Crippen molar-refractivity contribution in [3.63, 3.8) is 0 Å². The predicted molar refractivity (Wildman–Crippen MR) is 140 cm³/mol. The molecule has 1 unspecified atom stereocenters. The van der Waals surface area contributed by atoms with E-state index in [2.05, 4.69) is 10.3 Å². The minimum atomic E-state index is -0.682. The summed E-state index contributed by atoms with van der Waals surface area (Å²) in [7, 11) is 0. The first-order valence-electron chi connectivity index (χ1n) is 12.5. The van der Waals surface area contributed by atoms with Crippen LogP contribution in [0.3, 0.4) is 0 Å². The second kappa shape index (κ2) is 11.0. The van der Waals surface area contributed by atoms with Crippen LogP contribution >= 0.6 is 11.3 Å². The molecule has 2 aliphatic heterocycles. The minimum absolute atomic E-state index is 0.0493. The van der Waals surface area contributed by atoms with Gasteiger partial charge in [0.25, 0.3) is 0 Å². The summed E-state index contributed by atoms with van der Waals surface area (Å²) in [6, 6.07) is 3.81. The van der Waals surface area contributed by atoms with Gasteiger partial charge < -0.3 is 19.7 Å². The van der Waals surface area contributed by atoms with Crippen molar-refractivity contribution in [3.8, 4) is 0 Å². The van der Waals surface area contributed by atoms with Crippen LogP contribution in [-0.4, -0.2) is 53.1 Å². The number of nitrogens with one attached hydrogen (secondary N) is 1. The highest BCUT2D eigenvalue weighted by atomic mass is 32.1. The van der Waals surface area contributed by atoms with Crippen LogP contribution in [0.15, 0.2) is 46.0 Å². The van der Waals surface area contributed by atoms with Crippen LogP contribution in [0.1, 0.15) is 62.7 Å². The third-order valence-electron chi connectivity index (χ3n) is 6.29. The van der Waals surface area contributed by atoms with E-state index < -0.39 is 17.6 Å². The zero-order valence-electron chi connectivity index (χ0n) is 21.8. The lowest BCUT2D eigenvalue weighted by atomic mass is 9.85. The molecular formula is C27H33FN4O4S. The Balaban J connectivity index is 1.72. The number of amidine groups is 1. The van der Waals surface area contributed by atoms with Crippen molar-refractivity contribution in [2.24, 2.45) is 10.9 Å². The van der Waals surface area contributed by atoms with E-state index in [-0.39, 0.29) is 24.4 Å². The molecule has 1 atom stereocenters. The Bertz CT molecular complexity index is 1210. The molecule has 1 saturated heterocycles. The van der Waals surface area contributed by atoms with Gasteiger partial charge in [-0.3, -0.25) is 4.99 Å². The average molecular weight is 529 g/mol. The average Bonchev–Trinajstić information content (AvgIpc) is 3.38. The number of allylic oxidation sites excluding steroid dienone is 1. The van der Waals surface area contributed by atoms with Gasteiger partial charge in [0.15, 0.2) is 10.8 Å². The van der Waals surface area contributed by atoms with Gasteiger partial charge in [-0.15, -0.1) is 11.3 Å². The Kier molecular flexibility index (Phi) is 7.96. The molecule has 1 aromatic heterocycles. The summed E-state index contributed by atoms with van der Waals surface area (Å²) in [5, 5.41) is 5.95. The molecule has 2 aliphatic rings. The number of aromatic nitrogens is 1. The highest BCUT2D eigenvalue weighted by molar-refractivity contribution is 7.11. The Morgan fingerprint density at radius 3 is 2.57 bits per heavy atom. The topological polar surface area (TPSA) is 93.1 Å². The van der Waals surface area contributed by atoms with E-state index >= 15 is 0 Å². The smallest absolute Gasteiger partial charge is 0.410 e. The molecule has 10 heteroatoms. The molecule has 37 heavy (non-hydrogen) atoms. The van der Waals surface area contributed by atoms with E-state index in [0.717, 1.165) is 11.3 Å². The van der Waals surface area contributed by atoms with E-state index in [0.29, 0.717) is 47.9 Å². The van der Waals surface area contributed by atoms with E-state index in [1.165, 1.54) is 23.5 Å². The summed E-state index contributed by atoms with van der Waals surface area (Å²) in [6.45, 7) is 10.3. The molecule has 1 N–H and O–H groups in total. The number of esters is 1. The van der Waals surface area contributed by atoms with E-state index in [1.54, 1.807) is 31.0 Å². The molecule has 3 heterocycles.